The fourth-order valence-corrected chi connectivity index (χ4v) is 7.39. The van der Waals surface area contributed by atoms with E-state index in [0.29, 0.717) is 19.4 Å². The Morgan fingerprint density at radius 2 is 0.839 bits per heavy atom. The number of carbonyl (C=O) groups excluding carboxylic acids is 2. The molecule has 0 fully saturated rings. The van der Waals surface area contributed by atoms with E-state index >= 15 is 0 Å². The van der Waals surface area contributed by atoms with E-state index in [1.165, 1.54) is 161 Å². The lowest BCUT2D eigenvalue weighted by molar-refractivity contribution is -0.143. The summed E-state index contributed by atoms with van der Waals surface area (Å²) < 4.78 is 5.45. The lowest BCUT2D eigenvalue weighted by Gasteiger charge is -2.19. The molecule has 2 atom stereocenters. The highest BCUT2D eigenvalue weighted by Gasteiger charge is 2.18. The van der Waals surface area contributed by atoms with Gasteiger partial charge >= 0.3 is 5.97 Å². The van der Waals surface area contributed by atoms with Crippen LogP contribution in [-0.2, 0) is 14.3 Å². The fourth-order valence-electron chi connectivity index (χ4n) is 7.39. The van der Waals surface area contributed by atoms with Gasteiger partial charge in [0.15, 0.2) is 0 Å². The lowest BCUT2D eigenvalue weighted by atomic mass is 10.0. The second kappa shape index (κ2) is 46.0. The third-order valence-corrected chi connectivity index (χ3v) is 11.2. The maximum atomic E-state index is 12.4. The zero-order chi connectivity index (χ0) is 40.8. The Hall–Kier alpha value is -1.66. The Morgan fingerprint density at radius 3 is 1.29 bits per heavy atom. The third-order valence-electron chi connectivity index (χ3n) is 11.2. The molecule has 2 unspecified atom stereocenters. The van der Waals surface area contributed by atoms with E-state index in [1.54, 1.807) is 6.08 Å². The van der Waals surface area contributed by atoms with Crippen LogP contribution in [-0.4, -0.2) is 47.4 Å². The molecule has 0 saturated carbocycles. The Morgan fingerprint density at radius 1 is 0.482 bits per heavy atom. The van der Waals surface area contributed by atoms with Crippen molar-refractivity contribution in [1.29, 1.82) is 0 Å². The number of allylic oxidation sites excluding steroid dienone is 3. The number of esters is 1. The number of unbranched alkanes of at least 4 members (excludes halogenated alkanes) is 32. The lowest BCUT2D eigenvalue weighted by Crippen LogP contribution is -2.45. The fraction of sp³-hybridized carbons (Fsp3) is 0.880. The predicted octanol–water partition coefficient (Wildman–Crippen LogP) is 14.3. The second-order valence-electron chi connectivity index (χ2n) is 16.8. The van der Waals surface area contributed by atoms with E-state index in [1.807, 2.05) is 6.08 Å². The largest absolute Gasteiger partial charge is 0.466 e. The van der Waals surface area contributed by atoms with E-state index in [-0.39, 0.29) is 18.5 Å². The van der Waals surface area contributed by atoms with E-state index in [4.69, 9.17) is 4.74 Å². The van der Waals surface area contributed by atoms with Gasteiger partial charge in [-0.05, 0) is 57.8 Å². The molecule has 0 radical (unpaired) electrons. The highest BCUT2D eigenvalue weighted by Crippen LogP contribution is 2.15. The Kier molecular flexibility index (Phi) is 44.7. The van der Waals surface area contributed by atoms with Crippen molar-refractivity contribution in [2.75, 3.05) is 13.2 Å². The number of hydrogen-bond donors (Lipinski definition) is 3. The first-order valence-electron chi connectivity index (χ1n) is 24.6. The highest BCUT2D eigenvalue weighted by atomic mass is 16.5. The van der Waals surface area contributed by atoms with Gasteiger partial charge in [0, 0.05) is 12.8 Å². The highest BCUT2D eigenvalue weighted by molar-refractivity contribution is 5.76. The molecule has 6 nitrogen and oxygen atoms in total. The van der Waals surface area contributed by atoms with Crippen LogP contribution in [0.3, 0.4) is 0 Å². The third kappa shape index (κ3) is 42.0. The van der Waals surface area contributed by atoms with Crippen LogP contribution in [0.25, 0.3) is 0 Å². The summed E-state index contributed by atoms with van der Waals surface area (Å²) in [6, 6.07) is -0.646. The monoisotopic (exact) mass is 790 g/mol. The SMILES string of the molecule is CCCCCCCCCCCCC/C=C/C(O)C(CO)NC(=O)CCCCC/C=C\CCCCCCCCOC(=O)CCCCCCCCCCCCCCC. The molecule has 0 aliphatic heterocycles. The minimum atomic E-state index is -0.859. The first-order valence-corrected chi connectivity index (χ1v) is 24.6. The summed E-state index contributed by atoms with van der Waals surface area (Å²) in [6.45, 7) is 4.85. The van der Waals surface area contributed by atoms with Crippen LogP contribution in [0.5, 0.6) is 0 Å². The molecule has 3 N–H and O–H groups in total. The van der Waals surface area contributed by atoms with Crippen LogP contribution in [0.4, 0.5) is 0 Å². The first kappa shape index (κ1) is 54.3. The molecule has 6 heteroatoms. The summed E-state index contributed by atoms with van der Waals surface area (Å²) in [5.41, 5.74) is 0. The number of aliphatic hydroxyl groups excluding tert-OH is 2. The summed E-state index contributed by atoms with van der Waals surface area (Å²) in [6.07, 6.45) is 53.1. The van der Waals surface area contributed by atoms with Crippen LogP contribution >= 0.6 is 0 Å². The quantitative estimate of drug-likeness (QED) is 0.0324. The van der Waals surface area contributed by atoms with Gasteiger partial charge in [-0.15, -0.1) is 0 Å². The maximum Gasteiger partial charge on any atom is 0.305 e. The topological polar surface area (TPSA) is 95.9 Å². The van der Waals surface area contributed by atoms with Gasteiger partial charge in [-0.1, -0.05) is 212 Å². The number of rotatable bonds is 45. The standard InChI is InChI=1S/C50H95NO5/c1-3-5-7-9-11-13-15-18-22-26-30-34-38-42-48(53)47(46-52)51-49(54)43-39-35-31-27-23-20-17-21-25-29-33-37-41-45-56-50(55)44-40-36-32-28-24-19-16-14-12-10-8-6-4-2/h20,23,38,42,47-48,52-53H,3-19,21-22,24-37,39-41,43-46H2,1-2H3,(H,51,54)/b23-20-,42-38+. The molecule has 0 rings (SSSR count). The number of carbonyl (C=O) groups is 2. The number of amides is 1. The molecular formula is C50H95NO5. The Bertz CT molecular complexity index is 874. The van der Waals surface area contributed by atoms with E-state index in [9.17, 15) is 19.8 Å². The summed E-state index contributed by atoms with van der Waals surface area (Å²) in [5, 5.41) is 23.0. The maximum absolute atomic E-state index is 12.4. The summed E-state index contributed by atoms with van der Waals surface area (Å²) in [7, 11) is 0. The molecule has 0 aromatic carbocycles. The average molecular weight is 790 g/mol. The molecular weight excluding hydrogens is 695 g/mol. The van der Waals surface area contributed by atoms with Crippen molar-refractivity contribution in [1.82, 2.24) is 5.32 Å². The van der Waals surface area contributed by atoms with Crippen molar-refractivity contribution in [2.45, 2.75) is 270 Å². The van der Waals surface area contributed by atoms with E-state index in [0.717, 1.165) is 70.6 Å². The molecule has 0 heterocycles. The number of nitrogens with one attached hydrogen (secondary N) is 1. The Balaban J connectivity index is 3.53. The van der Waals surface area contributed by atoms with Crippen LogP contribution in [0.15, 0.2) is 24.3 Å². The molecule has 0 aromatic heterocycles. The summed E-state index contributed by atoms with van der Waals surface area (Å²) in [5.74, 6) is -0.112. The van der Waals surface area contributed by atoms with Crippen LogP contribution in [0.1, 0.15) is 258 Å². The van der Waals surface area contributed by atoms with Gasteiger partial charge in [-0.3, -0.25) is 9.59 Å². The zero-order valence-electron chi connectivity index (χ0n) is 37.4. The second-order valence-corrected chi connectivity index (χ2v) is 16.8. The molecule has 0 aromatic rings. The smallest absolute Gasteiger partial charge is 0.305 e. The van der Waals surface area contributed by atoms with Crippen molar-refractivity contribution < 1.29 is 24.5 Å². The Labute approximate surface area is 348 Å². The molecule has 0 spiro atoms. The molecule has 330 valence electrons. The predicted molar refractivity (Wildman–Crippen MR) is 241 cm³/mol. The van der Waals surface area contributed by atoms with Crippen molar-refractivity contribution in [3.63, 3.8) is 0 Å². The van der Waals surface area contributed by atoms with Crippen molar-refractivity contribution >= 4 is 11.9 Å². The van der Waals surface area contributed by atoms with Gasteiger partial charge in [0.05, 0.1) is 25.4 Å². The average Bonchev–Trinajstić information content (AvgIpc) is 3.20. The van der Waals surface area contributed by atoms with Crippen molar-refractivity contribution in [2.24, 2.45) is 0 Å². The van der Waals surface area contributed by atoms with Crippen molar-refractivity contribution in [3.05, 3.63) is 24.3 Å². The molecule has 0 aliphatic rings. The van der Waals surface area contributed by atoms with Crippen LogP contribution in [0, 0.1) is 0 Å². The van der Waals surface area contributed by atoms with Crippen molar-refractivity contribution in [3.8, 4) is 0 Å². The minimum absolute atomic E-state index is 0.0131. The van der Waals surface area contributed by atoms with Crippen LogP contribution in [0.2, 0.25) is 0 Å². The molecule has 0 bridgehead atoms. The normalized spacial score (nSPS) is 12.9. The van der Waals surface area contributed by atoms with Gasteiger partial charge < -0.3 is 20.3 Å². The van der Waals surface area contributed by atoms with Gasteiger partial charge in [0.2, 0.25) is 5.91 Å². The minimum Gasteiger partial charge on any atom is -0.466 e. The molecule has 0 saturated heterocycles. The zero-order valence-corrected chi connectivity index (χ0v) is 37.4. The number of aliphatic hydroxyl groups is 2. The van der Waals surface area contributed by atoms with E-state index in [2.05, 4.69) is 31.3 Å². The van der Waals surface area contributed by atoms with Gasteiger partial charge in [0.25, 0.3) is 0 Å². The van der Waals surface area contributed by atoms with Crippen LogP contribution < -0.4 is 5.32 Å². The van der Waals surface area contributed by atoms with Gasteiger partial charge in [-0.2, -0.15) is 0 Å². The van der Waals surface area contributed by atoms with Gasteiger partial charge in [0.1, 0.15) is 0 Å². The summed E-state index contributed by atoms with van der Waals surface area (Å²) >= 11 is 0. The molecule has 1 amide bonds. The van der Waals surface area contributed by atoms with E-state index < -0.39 is 12.1 Å². The van der Waals surface area contributed by atoms with Gasteiger partial charge in [-0.25, -0.2) is 0 Å². The molecule has 56 heavy (non-hydrogen) atoms. The summed E-state index contributed by atoms with van der Waals surface area (Å²) in [4.78, 5) is 24.4. The first-order chi connectivity index (χ1) is 27.5. The number of hydrogen-bond acceptors (Lipinski definition) is 5. The molecule has 0 aliphatic carbocycles. The number of ether oxygens (including phenoxy) is 1.